The van der Waals surface area contributed by atoms with Crippen molar-refractivity contribution in [3.8, 4) is 0 Å². The zero-order chi connectivity index (χ0) is 55.3. The van der Waals surface area contributed by atoms with Crippen LogP contribution in [0.15, 0.2) is 76.3 Å². The fraction of sp³-hybridized carbons (Fsp3) is 0.500. The van der Waals surface area contributed by atoms with Crippen LogP contribution in [0, 0.1) is 0 Å². The van der Waals surface area contributed by atoms with Gasteiger partial charge >= 0.3 is 5.97 Å². The number of rotatable bonds is 26. The molecule has 0 aliphatic carbocycles. The summed E-state index contributed by atoms with van der Waals surface area (Å²) >= 11 is 0. The molecule has 7 atom stereocenters. The van der Waals surface area contributed by atoms with E-state index in [4.69, 9.17) is 28.7 Å². The van der Waals surface area contributed by atoms with Crippen LogP contribution in [0.25, 0.3) is 6.08 Å². The summed E-state index contributed by atoms with van der Waals surface area (Å²) in [7, 11) is 0. The Balaban J connectivity index is 1.22. The van der Waals surface area contributed by atoms with Gasteiger partial charge in [0.25, 0.3) is 5.91 Å². The van der Waals surface area contributed by atoms with Gasteiger partial charge in [0.05, 0.1) is 19.2 Å². The number of hydrogen-bond acceptors (Lipinski definition) is 13. The number of carboxylic acid groups (broad SMARTS) is 1. The second kappa shape index (κ2) is 29.1. The van der Waals surface area contributed by atoms with Gasteiger partial charge in [-0.3, -0.25) is 48.3 Å². The number of aliphatic imine (C=N–C) groups is 2. The Kier molecular flexibility index (Phi) is 22.5. The number of amides is 8. The molecule has 26 nitrogen and oxygen atoms in total. The number of likely N-dealkylation sites (tertiary alicyclic amines) is 3. The number of nitrogens with zero attached hydrogens (tertiary/aromatic N) is 5. The van der Waals surface area contributed by atoms with Crippen molar-refractivity contribution in [2.24, 2.45) is 38.7 Å². The van der Waals surface area contributed by atoms with Crippen molar-refractivity contribution < 1.29 is 53.4 Å². The van der Waals surface area contributed by atoms with Crippen LogP contribution in [0.3, 0.4) is 0 Å². The zero-order valence-electron chi connectivity index (χ0n) is 42.3. The number of hydrogen-bond donors (Lipinski definition) is 12. The molecule has 2 aromatic rings. The number of nitrogens with two attached hydrogens (primary N) is 5. The lowest BCUT2D eigenvalue weighted by Crippen LogP contribution is -2.58. The molecule has 3 saturated heterocycles. The van der Waals surface area contributed by atoms with E-state index >= 15 is 0 Å². The molecule has 0 saturated carbocycles. The third-order valence-corrected chi connectivity index (χ3v) is 13.1. The molecule has 0 bridgehead atoms. The van der Waals surface area contributed by atoms with Gasteiger partial charge < -0.3 is 80.2 Å². The maximum absolute atomic E-state index is 14.1. The van der Waals surface area contributed by atoms with E-state index < -0.39 is 109 Å². The number of carboxylic acids is 1. The minimum Gasteiger partial charge on any atom is -0.480 e. The molecule has 3 fully saturated rings. The second-order valence-corrected chi connectivity index (χ2v) is 18.7. The lowest BCUT2D eigenvalue weighted by Gasteiger charge is -2.32. The standard InChI is InChI=1S/C50H71N15O11/c51-32(16-7-21-56-49(52)53)45(72)65-25-11-20-39(65)47(74)64-24-9-18-37(64)43(70)58-28-40(67)59-34(26-30-12-3-1-4-13-30)41(68)62-36(29-66)46(73)63-23-10-19-38(63)44(71)61-35(27-31-14-5-2-6-15-31)42(69)60-33(48(75)76)17-8-22-57-50(54)55/h1-6,12-15,26,32-33,35-39,66H,7-11,16-25,27-29,51H2,(H,58,70)(H,59,67)(H,60,69)(H,61,71)(H,62,68)(H,75,76)(H4,52,53,56)(H4,54,55,57)/t32-,33-,35-,36-,37-,38-,39-/m0/s1. The number of aliphatic hydroxyl groups is 1. The Morgan fingerprint density at radius 1 is 0.658 bits per heavy atom. The van der Waals surface area contributed by atoms with Crippen LogP contribution in [0.1, 0.15) is 75.3 Å². The van der Waals surface area contributed by atoms with Gasteiger partial charge in [0.2, 0.25) is 41.4 Å². The number of carbonyl (C=O) groups excluding carboxylic acids is 8. The van der Waals surface area contributed by atoms with Crippen LogP contribution in [0.2, 0.25) is 0 Å². The highest BCUT2D eigenvalue weighted by atomic mass is 16.4. The van der Waals surface area contributed by atoms with Crippen molar-refractivity contribution in [2.45, 2.75) is 113 Å². The number of benzene rings is 2. The Bertz CT molecular complexity index is 2470. The predicted molar refractivity (Wildman–Crippen MR) is 278 cm³/mol. The molecule has 17 N–H and O–H groups in total. The topological polar surface area (TPSA) is 419 Å². The van der Waals surface area contributed by atoms with Gasteiger partial charge in [-0.25, -0.2) is 4.79 Å². The van der Waals surface area contributed by atoms with Gasteiger partial charge in [-0.15, -0.1) is 0 Å². The van der Waals surface area contributed by atoms with Crippen molar-refractivity contribution in [1.29, 1.82) is 0 Å². The fourth-order valence-corrected chi connectivity index (χ4v) is 9.28. The van der Waals surface area contributed by atoms with E-state index in [0.717, 1.165) is 0 Å². The summed E-state index contributed by atoms with van der Waals surface area (Å²) in [6, 6.07) is 8.95. The smallest absolute Gasteiger partial charge is 0.326 e. The first-order valence-corrected chi connectivity index (χ1v) is 25.3. The summed E-state index contributed by atoms with van der Waals surface area (Å²) in [6.07, 6.45) is 4.44. The number of nitrogens with one attached hydrogen (secondary N) is 5. The molecular weight excluding hydrogens is 987 g/mol. The molecule has 3 heterocycles. The summed E-state index contributed by atoms with van der Waals surface area (Å²) in [5, 5.41) is 33.0. The summed E-state index contributed by atoms with van der Waals surface area (Å²) in [4.78, 5) is 134. The molecule has 0 spiro atoms. The van der Waals surface area contributed by atoms with Crippen LogP contribution in [-0.4, -0.2) is 178 Å². The van der Waals surface area contributed by atoms with Crippen LogP contribution in [0.5, 0.6) is 0 Å². The van der Waals surface area contributed by atoms with Crippen molar-refractivity contribution in [1.82, 2.24) is 41.3 Å². The van der Waals surface area contributed by atoms with Gasteiger partial charge in [0.15, 0.2) is 11.9 Å². The number of guanidine groups is 2. The van der Waals surface area contributed by atoms with Crippen LogP contribution >= 0.6 is 0 Å². The first-order valence-electron chi connectivity index (χ1n) is 25.3. The normalized spacial score (nSPS) is 18.8. The third kappa shape index (κ3) is 17.2. The third-order valence-electron chi connectivity index (χ3n) is 13.1. The highest BCUT2D eigenvalue weighted by molar-refractivity contribution is 6.04. The largest absolute Gasteiger partial charge is 0.480 e. The molecule has 26 heteroatoms. The van der Waals surface area contributed by atoms with Crippen molar-refractivity contribution >= 4 is 71.2 Å². The maximum atomic E-state index is 14.1. The van der Waals surface area contributed by atoms with Gasteiger partial charge in [0, 0.05) is 39.1 Å². The lowest BCUT2D eigenvalue weighted by molar-refractivity contribution is -0.147. The molecule has 76 heavy (non-hydrogen) atoms. The van der Waals surface area contributed by atoms with E-state index in [9.17, 15) is 53.4 Å². The van der Waals surface area contributed by atoms with E-state index in [1.807, 2.05) is 0 Å². The fourth-order valence-electron chi connectivity index (χ4n) is 9.28. The van der Waals surface area contributed by atoms with E-state index in [2.05, 4.69) is 36.6 Å². The molecule has 0 unspecified atom stereocenters. The summed E-state index contributed by atoms with van der Waals surface area (Å²) in [5.74, 6) is -7.23. The molecule has 0 aromatic heterocycles. The Labute approximate surface area is 439 Å². The average molecular weight is 1060 g/mol. The number of aliphatic carboxylic acids is 1. The Morgan fingerprint density at radius 3 is 1.80 bits per heavy atom. The first kappa shape index (κ1) is 58.8. The summed E-state index contributed by atoms with van der Waals surface area (Å²) < 4.78 is 0. The number of aliphatic hydroxyl groups excluding tert-OH is 1. The highest BCUT2D eigenvalue weighted by Gasteiger charge is 2.43. The number of carbonyl (C=O) groups is 9. The molecule has 2 aromatic carbocycles. The second-order valence-electron chi connectivity index (χ2n) is 18.7. The molecule has 8 amide bonds. The summed E-state index contributed by atoms with van der Waals surface area (Å²) in [6.45, 7) is -0.545. The van der Waals surface area contributed by atoms with Gasteiger partial charge in [-0.2, -0.15) is 0 Å². The van der Waals surface area contributed by atoms with Crippen molar-refractivity contribution in [3.63, 3.8) is 0 Å². The Morgan fingerprint density at radius 2 is 1.21 bits per heavy atom. The molecule has 412 valence electrons. The van der Waals surface area contributed by atoms with E-state index in [1.165, 1.54) is 20.8 Å². The van der Waals surface area contributed by atoms with E-state index in [0.29, 0.717) is 62.6 Å². The lowest BCUT2D eigenvalue weighted by atomic mass is 10.0. The van der Waals surface area contributed by atoms with Gasteiger partial charge in [0.1, 0.15) is 41.9 Å². The maximum Gasteiger partial charge on any atom is 0.326 e. The molecule has 5 rings (SSSR count). The van der Waals surface area contributed by atoms with E-state index in [1.54, 1.807) is 60.7 Å². The minimum absolute atomic E-state index is 0.0248. The molecular formula is C50H71N15O11. The quantitative estimate of drug-likeness (QED) is 0.0188. The highest BCUT2D eigenvalue weighted by Crippen LogP contribution is 2.26. The molecule has 3 aliphatic rings. The first-order chi connectivity index (χ1) is 36.4. The SMILES string of the molecule is NC(N)=NCCC[C@H](NC(=O)[C@H](Cc1ccccc1)NC(=O)[C@@H]1CCCN1C(=O)[C@H](CO)NC(=O)C(=Cc1ccccc1)NC(=O)CNC(=O)[C@@H]1CCCN1C(=O)[C@@H]1CCCN1C(=O)[C@@H](N)CCCN=C(N)N)C(=O)O. The molecule has 3 aliphatic heterocycles. The minimum atomic E-state index is -1.63. The average Bonchev–Trinajstić information content (AvgIpc) is 4.22. The predicted octanol–water partition coefficient (Wildman–Crippen LogP) is -3.56. The zero-order valence-corrected chi connectivity index (χ0v) is 42.3. The summed E-state index contributed by atoms with van der Waals surface area (Å²) in [5.41, 5.74) is 28.4. The molecule has 0 radical (unpaired) electrons. The van der Waals surface area contributed by atoms with Crippen molar-refractivity contribution in [3.05, 3.63) is 77.5 Å². The monoisotopic (exact) mass is 1060 g/mol. The van der Waals surface area contributed by atoms with E-state index in [-0.39, 0.29) is 69.5 Å². The van der Waals surface area contributed by atoms with Crippen LogP contribution in [0.4, 0.5) is 0 Å². The van der Waals surface area contributed by atoms with Crippen LogP contribution in [-0.2, 0) is 49.6 Å². The van der Waals surface area contributed by atoms with Crippen LogP contribution < -0.4 is 55.3 Å². The van der Waals surface area contributed by atoms with Crippen molar-refractivity contribution in [2.75, 3.05) is 45.9 Å². The van der Waals surface area contributed by atoms with Gasteiger partial charge in [-0.05, 0) is 81.4 Å². The van der Waals surface area contributed by atoms with Gasteiger partial charge in [-0.1, -0.05) is 60.7 Å². The Hall–Kier alpha value is -8.13.